The van der Waals surface area contributed by atoms with Crippen LogP contribution in [0.5, 0.6) is 0 Å². The Kier molecular flexibility index (Phi) is 6.98. The number of carbonyl (C=O) groups is 2. The summed E-state index contributed by atoms with van der Waals surface area (Å²) in [5, 5.41) is 15.7. The van der Waals surface area contributed by atoms with Crippen LogP contribution in [0.15, 0.2) is 54.6 Å². The van der Waals surface area contributed by atoms with Crippen molar-refractivity contribution in [2.75, 3.05) is 5.32 Å². The van der Waals surface area contributed by atoms with Crippen molar-refractivity contribution in [3.8, 4) is 0 Å². The molecule has 2 rings (SSSR count). The minimum Gasteiger partial charge on any atom is -0.480 e. The SMILES string of the molecule is CC(CC(=O)Nc1cccc(Cl)c1)N[C@H](Cc1ccccc1)C(=O)O. The lowest BCUT2D eigenvalue weighted by molar-refractivity contribution is -0.139. The van der Waals surface area contributed by atoms with Crippen molar-refractivity contribution in [1.82, 2.24) is 5.32 Å². The molecule has 1 unspecified atom stereocenters. The average molecular weight is 361 g/mol. The van der Waals surface area contributed by atoms with Crippen LogP contribution in [0.1, 0.15) is 18.9 Å². The number of rotatable bonds is 8. The van der Waals surface area contributed by atoms with E-state index >= 15 is 0 Å². The van der Waals surface area contributed by atoms with Crippen molar-refractivity contribution in [1.29, 1.82) is 0 Å². The van der Waals surface area contributed by atoms with Gasteiger partial charge in [-0.15, -0.1) is 0 Å². The van der Waals surface area contributed by atoms with E-state index in [-0.39, 0.29) is 18.4 Å². The Morgan fingerprint density at radius 1 is 1.12 bits per heavy atom. The molecule has 132 valence electrons. The quantitative estimate of drug-likeness (QED) is 0.674. The van der Waals surface area contributed by atoms with Crippen molar-refractivity contribution in [3.05, 3.63) is 65.2 Å². The van der Waals surface area contributed by atoms with E-state index < -0.39 is 12.0 Å². The van der Waals surface area contributed by atoms with Crippen molar-refractivity contribution in [2.24, 2.45) is 0 Å². The second-order valence-corrected chi connectivity index (χ2v) is 6.35. The van der Waals surface area contributed by atoms with E-state index in [0.717, 1.165) is 5.56 Å². The monoisotopic (exact) mass is 360 g/mol. The van der Waals surface area contributed by atoms with E-state index in [4.69, 9.17) is 11.6 Å². The van der Waals surface area contributed by atoms with Crippen LogP contribution in [0.25, 0.3) is 0 Å². The molecule has 0 bridgehead atoms. The maximum Gasteiger partial charge on any atom is 0.321 e. The van der Waals surface area contributed by atoms with Crippen LogP contribution in [-0.2, 0) is 16.0 Å². The van der Waals surface area contributed by atoms with E-state index in [2.05, 4.69) is 10.6 Å². The summed E-state index contributed by atoms with van der Waals surface area (Å²) in [4.78, 5) is 23.6. The number of carboxylic acids is 1. The van der Waals surface area contributed by atoms with Gasteiger partial charge in [0.2, 0.25) is 5.91 Å². The van der Waals surface area contributed by atoms with Gasteiger partial charge < -0.3 is 15.7 Å². The van der Waals surface area contributed by atoms with Gasteiger partial charge in [0, 0.05) is 23.2 Å². The van der Waals surface area contributed by atoms with Crippen LogP contribution in [-0.4, -0.2) is 29.1 Å². The first kappa shape index (κ1) is 19.0. The third-order valence-corrected chi connectivity index (χ3v) is 3.90. The van der Waals surface area contributed by atoms with Crippen molar-refractivity contribution in [2.45, 2.75) is 31.8 Å². The van der Waals surface area contributed by atoms with E-state index in [9.17, 15) is 14.7 Å². The lowest BCUT2D eigenvalue weighted by atomic mass is 10.0. The standard InChI is InChI=1S/C19H21ClN2O3/c1-13(10-18(23)22-16-9-5-8-15(20)12-16)21-17(19(24)25)11-14-6-3-2-4-7-14/h2-9,12-13,17,21H,10-11H2,1H3,(H,22,23)(H,24,25)/t13?,17-/m1/s1. The number of amides is 1. The van der Waals surface area contributed by atoms with E-state index in [1.807, 2.05) is 30.3 Å². The van der Waals surface area contributed by atoms with Crippen LogP contribution in [0, 0.1) is 0 Å². The first-order valence-corrected chi connectivity index (χ1v) is 8.40. The summed E-state index contributed by atoms with van der Waals surface area (Å²) in [7, 11) is 0. The zero-order valence-corrected chi connectivity index (χ0v) is 14.7. The zero-order valence-electron chi connectivity index (χ0n) is 13.9. The fourth-order valence-corrected chi connectivity index (χ4v) is 2.72. The van der Waals surface area contributed by atoms with Crippen molar-refractivity contribution < 1.29 is 14.7 Å². The molecule has 0 aliphatic carbocycles. The number of hydrogen-bond acceptors (Lipinski definition) is 3. The van der Waals surface area contributed by atoms with Crippen LogP contribution in [0.2, 0.25) is 5.02 Å². The van der Waals surface area contributed by atoms with Gasteiger partial charge >= 0.3 is 5.97 Å². The first-order chi connectivity index (χ1) is 11.9. The highest BCUT2D eigenvalue weighted by molar-refractivity contribution is 6.30. The van der Waals surface area contributed by atoms with E-state index in [1.54, 1.807) is 31.2 Å². The number of anilines is 1. The molecular weight excluding hydrogens is 340 g/mol. The summed E-state index contributed by atoms with van der Waals surface area (Å²) in [5.41, 5.74) is 1.54. The number of halogens is 1. The number of hydrogen-bond donors (Lipinski definition) is 3. The van der Waals surface area contributed by atoms with Gasteiger partial charge in [-0.3, -0.25) is 9.59 Å². The molecule has 5 nitrogen and oxygen atoms in total. The fraction of sp³-hybridized carbons (Fsp3) is 0.263. The lowest BCUT2D eigenvalue weighted by Gasteiger charge is -2.20. The highest BCUT2D eigenvalue weighted by Gasteiger charge is 2.21. The van der Waals surface area contributed by atoms with Gasteiger partial charge in [0.1, 0.15) is 6.04 Å². The molecule has 25 heavy (non-hydrogen) atoms. The Hall–Kier alpha value is -2.37. The molecule has 0 heterocycles. The van der Waals surface area contributed by atoms with Gasteiger partial charge in [-0.05, 0) is 37.1 Å². The summed E-state index contributed by atoms with van der Waals surface area (Å²) >= 11 is 5.89. The number of carboxylic acid groups (broad SMARTS) is 1. The fourth-order valence-electron chi connectivity index (χ4n) is 2.53. The molecule has 1 amide bonds. The highest BCUT2D eigenvalue weighted by atomic mass is 35.5. The van der Waals surface area contributed by atoms with Crippen molar-refractivity contribution >= 4 is 29.2 Å². The molecule has 0 radical (unpaired) electrons. The second-order valence-electron chi connectivity index (χ2n) is 5.91. The Morgan fingerprint density at radius 2 is 1.84 bits per heavy atom. The maximum atomic E-state index is 12.1. The number of nitrogens with one attached hydrogen (secondary N) is 2. The van der Waals surface area contributed by atoms with Crippen molar-refractivity contribution in [3.63, 3.8) is 0 Å². The lowest BCUT2D eigenvalue weighted by Crippen LogP contribution is -2.44. The normalized spacial score (nSPS) is 13.0. The van der Waals surface area contributed by atoms with Gasteiger partial charge in [-0.25, -0.2) is 0 Å². The number of benzene rings is 2. The number of carbonyl (C=O) groups excluding carboxylic acids is 1. The first-order valence-electron chi connectivity index (χ1n) is 8.02. The van der Waals surface area contributed by atoms with Crippen LogP contribution >= 0.6 is 11.6 Å². The Morgan fingerprint density at radius 3 is 2.48 bits per heavy atom. The highest BCUT2D eigenvalue weighted by Crippen LogP contribution is 2.15. The zero-order chi connectivity index (χ0) is 18.2. The van der Waals surface area contributed by atoms with Gasteiger partial charge in [0.05, 0.1) is 0 Å². The molecule has 3 N–H and O–H groups in total. The molecular formula is C19H21ClN2O3. The van der Waals surface area contributed by atoms with E-state index in [1.165, 1.54) is 0 Å². The second kappa shape index (κ2) is 9.20. The summed E-state index contributed by atoms with van der Waals surface area (Å²) in [5.74, 6) is -1.14. The molecule has 0 aliphatic heterocycles. The van der Waals surface area contributed by atoms with Gasteiger partial charge in [0.15, 0.2) is 0 Å². The Labute approximate surface area is 152 Å². The minimum absolute atomic E-state index is 0.158. The molecule has 2 aromatic carbocycles. The summed E-state index contributed by atoms with van der Waals surface area (Å²) < 4.78 is 0. The minimum atomic E-state index is -0.939. The molecule has 0 saturated carbocycles. The smallest absolute Gasteiger partial charge is 0.321 e. The summed E-state index contributed by atoms with van der Waals surface area (Å²) in [6.45, 7) is 1.79. The van der Waals surface area contributed by atoms with Gasteiger partial charge in [-0.1, -0.05) is 48.0 Å². The van der Waals surface area contributed by atoms with E-state index in [0.29, 0.717) is 17.1 Å². The van der Waals surface area contributed by atoms with Gasteiger partial charge in [0.25, 0.3) is 0 Å². The molecule has 2 aromatic rings. The molecule has 0 aromatic heterocycles. The van der Waals surface area contributed by atoms with Crippen LogP contribution in [0.4, 0.5) is 5.69 Å². The molecule has 0 spiro atoms. The molecule has 6 heteroatoms. The predicted octanol–water partition coefficient (Wildman–Crippen LogP) is 3.34. The maximum absolute atomic E-state index is 12.1. The Balaban J connectivity index is 1.88. The summed E-state index contributed by atoms with van der Waals surface area (Å²) in [6.07, 6.45) is 0.515. The predicted molar refractivity (Wildman–Crippen MR) is 98.9 cm³/mol. The van der Waals surface area contributed by atoms with Gasteiger partial charge in [-0.2, -0.15) is 0 Å². The average Bonchev–Trinajstić information content (AvgIpc) is 2.54. The molecule has 0 fully saturated rings. The molecule has 0 aliphatic rings. The summed E-state index contributed by atoms with van der Waals surface area (Å²) in [6, 6.07) is 15.2. The topological polar surface area (TPSA) is 78.4 Å². The molecule has 0 saturated heterocycles. The largest absolute Gasteiger partial charge is 0.480 e. The third kappa shape index (κ3) is 6.57. The van der Waals surface area contributed by atoms with Crippen LogP contribution < -0.4 is 10.6 Å². The number of aliphatic carboxylic acids is 1. The van der Waals surface area contributed by atoms with Crippen LogP contribution in [0.3, 0.4) is 0 Å². The third-order valence-electron chi connectivity index (χ3n) is 3.67. The molecule has 2 atom stereocenters. The Bertz CT molecular complexity index is 722.